The molecule has 3 aliphatic heterocycles. The summed E-state index contributed by atoms with van der Waals surface area (Å²) in [5, 5.41) is 9.19. The largest absolute Gasteiger partial charge is 0.492 e. The van der Waals surface area contributed by atoms with Crippen LogP contribution in [0.5, 0.6) is 5.75 Å². The fourth-order valence-corrected chi connectivity index (χ4v) is 6.23. The Morgan fingerprint density at radius 2 is 1.92 bits per heavy atom. The number of hydrogen-bond donors (Lipinski definition) is 0. The molecule has 0 radical (unpaired) electrons. The number of rotatable bonds is 5. The average Bonchev–Trinajstić information content (AvgIpc) is 3.26. The standard InChI is InChI=1S/C30H33F2N3O2/c1-21-19-34(13-9-30(21)20-37-28-16-24(18-33)2-4-27(28)30)10-6-22-7-11-35(12-8-22)29(36)5-3-23-14-25(31)17-26(32)15-23/h2-5,14-17,21-22H,6-13,19-20H2,1H3/b5-3+. The van der Waals surface area contributed by atoms with E-state index in [1.165, 1.54) is 29.8 Å². The molecule has 3 aliphatic rings. The van der Waals surface area contributed by atoms with E-state index in [4.69, 9.17) is 4.74 Å². The summed E-state index contributed by atoms with van der Waals surface area (Å²) in [6.45, 7) is 7.57. The topological polar surface area (TPSA) is 56.6 Å². The van der Waals surface area contributed by atoms with Gasteiger partial charge >= 0.3 is 0 Å². The van der Waals surface area contributed by atoms with Crippen molar-refractivity contribution in [1.82, 2.24) is 9.80 Å². The van der Waals surface area contributed by atoms with Crippen molar-refractivity contribution < 1.29 is 18.3 Å². The molecule has 0 saturated carbocycles. The minimum absolute atomic E-state index is 0.0380. The van der Waals surface area contributed by atoms with Gasteiger partial charge in [0.2, 0.25) is 5.91 Å². The van der Waals surface area contributed by atoms with Crippen molar-refractivity contribution in [1.29, 1.82) is 5.26 Å². The summed E-state index contributed by atoms with van der Waals surface area (Å²) >= 11 is 0. The quantitative estimate of drug-likeness (QED) is 0.528. The van der Waals surface area contributed by atoms with Crippen LogP contribution in [-0.2, 0) is 10.2 Å². The van der Waals surface area contributed by atoms with E-state index in [-0.39, 0.29) is 11.3 Å². The molecule has 0 aliphatic carbocycles. The second-order valence-electron chi connectivity index (χ2n) is 10.8. The van der Waals surface area contributed by atoms with Gasteiger partial charge in [0.25, 0.3) is 0 Å². The molecule has 0 N–H and O–H groups in total. The summed E-state index contributed by atoms with van der Waals surface area (Å²) < 4.78 is 32.7. The number of ether oxygens (including phenoxy) is 1. The normalized spacial score (nSPS) is 24.3. The molecule has 3 heterocycles. The number of hydrogen-bond acceptors (Lipinski definition) is 4. The number of carbonyl (C=O) groups excluding carboxylic acids is 1. The fraction of sp³-hybridized carbons (Fsp3) is 0.467. The fourth-order valence-electron chi connectivity index (χ4n) is 6.23. The number of carbonyl (C=O) groups is 1. The van der Waals surface area contributed by atoms with Gasteiger partial charge in [0.05, 0.1) is 18.2 Å². The summed E-state index contributed by atoms with van der Waals surface area (Å²) in [7, 11) is 0. The maximum Gasteiger partial charge on any atom is 0.246 e. The third kappa shape index (κ3) is 5.40. The number of halogens is 2. The molecule has 0 bridgehead atoms. The van der Waals surface area contributed by atoms with Crippen LogP contribution in [0.4, 0.5) is 8.78 Å². The van der Waals surface area contributed by atoms with Gasteiger partial charge in [-0.2, -0.15) is 5.26 Å². The number of piperidine rings is 2. The molecular weight excluding hydrogens is 472 g/mol. The lowest BCUT2D eigenvalue weighted by Gasteiger charge is -2.44. The van der Waals surface area contributed by atoms with E-state index in [2.05, 4.69) is 24.0 Å². The van der Waals surface area contributed by atoms with Crippen molar-refractivity contribution in [2.75, 3.05) is 39.3 Å². The molecule has 1 spiro atoms. The molecular formula is C30H33F2N3O2. The van der Waals surface area contributed by atoms with E-state index in [9.17, 15) is 18.8 Å². The molecule has 2 atom stereocenters. The van der Waals surface area contributed by atoms with Gasteiger partial charge in [-0.3, -0.25) is 4.79 Å². The lowest BCUT2D eigenvalue weighted by Crippen LogP contribution is -2.50. The zero-order chi connectivity index (χ0) is 26.0. The van der Waals surface area contributed by atoms with Crippen LogP contribution >= 0.6 is 0 Å². The van der Waals surface area contributed by atoms with Gasteiger partial charge in [0.15, 0.2) is 0 Å². The Balaban J connectivity index is 1.08. The van der Waals surface area contributed by atoms with E-state index < -0.39 is 11.6 Å². The summed E-state index contributed by atoms with van der Waals surface area (Å²) in [4.78, 5) is 16.9. The minimum atomic E-state index is -0.651. The van der Waals surface area contributed by atoms with Crippen LogP contribution in [0.15, 0.2) is 42.5 Å². The van der Waals surface area contributed by atoms with Crippen LogP contribution < -0.4 is 4.74 Å². The smallest absolute Gasteiger partial charge is 0.246 e. The first kappa shape index (κ1) is 25.4. The summed E-state index contributed by atoms with van der Waals surface area (Å²) in [6, 6.07) is 11.3. The number of benzene rings is 2. The maximum absolute atomic E-state index is 13.4. The van der Waals surface area contributed by atoms with Gasteiger partial charge in [-0.05, 0) is 86.5 Å². The lowest BCUT2D eigenvalue weighted by atomic mass is 9.67. The number of likely N-dealkylation sites (tertiary alicyclic amines) is 2. The first-order valence-electron chi connectivity index (χ1n) is 13.2. The van der Waals surface area contributed by atoms with Crippen LogP contribution in [0.1, 0.15) is 49.3 Å². The van der Waals surface area contributed by atoms with Crippen molar-refractivity contribution in [2.24, 2.45) is 11.8 Å². The minimum Gasteiger partial charge on any atom is -0.492 e. The average molecular weight is 506 g/mol. The highest BCUT2D eigenvalue weighted by Crippen LogP contribution is 2.48. The molecule has 2 unspecified atom stereocenters. The number of amides is 1. The van der Waals surface area contributed by atoms with Gasteiger partial charge in [0, 0.05) is 42.8 Å². The highest BCUT2D eigenvalue weighted by molar-refractivity contribution is 5.91. The van der Waals surface area contributed by atoms with E-state index in [0.717, 1.165) is 57.1 Å². The first-order valence-corrected chi connectivity index (χ1v) is 13.2. The van der Waals surface area contributed by atoms with Gasteiger partial charge in [0.1, 0.15) is 17.4 Å². The molecule has 2 fully saturated rings. The predicted molar refractivity (Wildman–Crippen MR) is 138 cm³/mol. The third-order valence-electron chi connectivity index (χ3n) is 8.56. The monoisotopic (exact) mass is 505 g/mol. The van der Waals surface area contributed by atoms with Crippen molar-refractivity contribution >= 4 is 12.0 Å². The highest BCUT2D eigenvalue weighted by Gasteiger charge is 2.47. The maximum atomic E-state index is 13.4. The Morgan fingerprint density at radius 3 is 2.62 bits per heavy atom. The lowest BCUT2D eigenvalue weighted by molar-refractivity contribution is -0.127. The van der Waals surface area contributed by atoms with Crippen molar-refractivity contribution in [2.45, 2.75) is 38.0 Å². The van der Waals surface area contributed by atoms with Crippen LogP contribution in [-0.4, -0.2) is 55.0 Å². The molecule has 1 amide bonds. The van der Waals surface area contributed by atoms with Crippen molar-refractivity contribution in [3.05, 3.63) is 70.8 Å². The number of nitriles is 1. The van der Waals surface area contributed by atoms with Crippen LogP contribution in [0.25, 0.3) is 6.08 Å². The molecule has 0 aromatic heterocycles. The number of nitrogens with zero attached hydrogens (tertiary/aromatic N) is 3. The van der Waals surface area contributed by atoms with E-state index in [1.807, 2.05) is 17.0 Å². The Bertz CT molecular complexity index is 1210. The van der Waals surface area contributed by atoms with Gasteiger partial charge in [-0.1, -0.05) is 13.0 Å². The Kier molecular flexibility index (Phi) is 7.30. The zero-order valence-corrected chi connectivity index (χ0v) is 21.3. The SMILES string of the molecule is CC1CN(CCC2CCN(C(=O)/C=C/c3cc(F)cc(F)c3)CC2)CCC12COc1cc(C#N)ccc12. The van der Waals surface area contributed by atoms with Crippen LogP contribution in [0.2, 0.25) is 0 Å². The zero-order valence-electron chi connectivity index (χ0n) is 21.3. The summed E-state index contributed by atoms with van der Waals surface area (Å²) in [5.41, 5.74) is 2.29. The molecule has 7 heteroatoms. The predicted octanol–water partition coefficient (Wildman–Crippen LogP) is 5.15. The van der Waals surface area contributed by atoms with E-state index in [1.54, 1.807) is 0 Å². The van der Waals surface area contributed by atoms with Gasteiger partial charge in [-0.25, -0.2) is 8.78 Å². The summed E-state index contributed by atoms with van der Waals surface area (Å²) in [5.74, 6) is 0.520. The van der Waals surface area contributed by atoms with Crippen LogP contribution in [0.3, 0.4) is 0 Å². The van der Waals surface area contributed by atoms with Gasteiger partial charge in [-0.15, -0.1) is 0 Å². The Morgan fingerprint density at radius 1 is 1.16 bits per heavy atom. The van der Waals surface area contributed by atoms with E-state index in [0.29, 0.717) is 42.7 Å². The van der Waals surface area contributed by atoms with E-state index >= 15 is 0 Å². The Hall–Kier alpha value is -3.24. The highest BCUT2D eigenvalue weighted by atomic mass is 19.1. The molecule has 37 heavy (non-hydrogen) atoms. The second kappa shape index (κ2) is 10.6. The second-order valence-corrected chi connectivity index (χ2v) is 10.8. The molecule has 2 saturated heterocycles. The molecule has 5 rings (SSSR count). The summed E-state index contributed by atoms with van der Waals surface area (Å²) in [6.07, 6.45) is 7.01. The van der Waals surface area contributed by atoms with Gasteiger partial charge < -0.3 is 14.5 Å². The van der Waals surface area contributed by atoms with Crippen molar-refractivity contribution in [3.63, 3.8) is 0 Å². The Labute approximate surface area is 217 Å². The first-order chi connectivity index (χ1) is 17.9. The van der Waals surface area contributed by atoms with Crippen LogP contribution in [0, 0.1) is 34.8 Å². The third-order valence-corrected chi connectivity index (χ3v) is 8.56. The molecule has 194 valence electrons. The molecule has 5 nitrogen and oxygen atoms in total. The number of fused-ring (bicyclic) bond motifs is 2. The van der Waals surface area contributed by atoms with Crippen molar-refractivity contribution in [3.8, 4) is 11.8 Å². The molecule has 2 aromatic carbocycles. The molecule has 2 aromatic rings.